The van der Waals surface area contributed by atoms with E-state index < -0.39 is 0 Å². The summed E-state index contributed by atoms with van der Waals surface area (Å²) in [6.07, 6.45) is 1.87. The lowest BCUT2D eigenvalue weighted by molar-refractivity contribution is -0.132. The number of carbonyl (C=O) groups excluding carboxylic acids is 2. The van der Waals surface area contributed by atoms with Gasteiger partial charge in [0.05, 0.1) is 10.0 Å². The normalized spacial score (nSPS) is 14.5. The Hall–Kier alpha value is -2.41. The van der Waals surface area contributed by atoms with Crippen molar-refractivity contribution in [2.45, 2.75) is 25.7 Å². The van der Waals surface area contributed by atoms with Crippen molar-refractivity contribution >= 4 is 46.5 Å². The van der Waals surface area contributed by atoms with Crippen molar-refractivity contribution in [2.24, 2.45) is 5.92 Å². The molecule has 1 aliphatic heterocycles. The van der Waals surface area contributed by atoms with Crippen molar-refractivity contribution in [3.8, 4) is 11.4 Å². The zero-order valence-corrected chi connectivity index (χ0v) is 19.3. The zero-order valence-electron chi connectivity index (χ0n) is 17.1. The number of rotatable bonds is 6. The van der Waals surface area contributed by atoms with Gasteiger partial charge >= 0.3 is 0 Å². The van der Waals surface area contributed by atoms with Crippen LogP contribution in [0.5, 0.6) is 0 Å². The molecule has 6 nitrogen and oxygen atoms in total. The molecule has 2 heterocycles. The number of hydrogen-bond donors (Lipinski definition) is 0. The van der Waals surface area contributed by atoms with Gasteiger partial charge in [-0.2, -0.15) is 4.98 Å². The summed E-state index contributed by atoms with van der Waals surface area (Å²) in [6, 6.07) is 12.1. The number of likely N-dealkylation sites (tertiary alicyclic amines) is 1. The first-order valence-electron chi connectivity index (χ1n) is 10.3. The first-order chi connectivity index (χ1) is 15.4. The third-order valence-electron chi connectivity index (χ3n) is 5.55. The van der Waals surface area contributed by atoms with Crippen molar-refractivity contribution in [3.05, 3.63) is 69.0 Å². The molecule has 1 aromatic heterocycles. The largest absolute Gasteiger partial charge is 0.343 e. The van der Waals surface area contributed by atoms with E-state index in [1.54, 1.807) is 35.2 Å². The highest BCUT2D eigenvalue weighted by Crippen LogP contribution is 2.27. The molecular formula is C23H20Cl3N3O3. The van der Waals surface area contributed by atoms with Crippen molar-refractivity contribution in [3.63, 3.8) is 0 Å². The Labute approximate surface area is 200 Å². The minimum Gasteiger partial charge on any atom is -0.343 e. The van der Waals surface area contributed by atoms with Gasteiger partial charge in [0.2, 0.25) is 17.6 Å². The van der Waals surface area contributed by atoms with Gasteiger partial charge in [0, 0.05) is 48.0 Å². The van der Waals surface area contributed by atoms with Crippen molar-refractivity contribution in [1.82, 2.24) is 15.0 Å². The Balaban J connectivity index is 1.27. The molecule has 3 aromatic rings. The molecule has 0 unspecified atom stereocenters. The maximum Gasteiger partial charge on any atom is 0.227 e. The fourth-order valence-corrected chi connectivity index (χ4v) is 4.14. The monoisotopic (exact) mass is 491 g/mol. The Morgan fingerprint density at radius 1 is 1.00 bits per heavy atom. The lowest BCUT2D eigenvalue weighted by Crippen LogP contribution is -2.40. The third kappa shape index (κ3) is 5.31. The molecule has 1 fully saturated rings. The molecule has 2 aromatic carbocycles. The van der Waals surface area contributed by atoms with Gasteiger partial charge in [0.1, 0.15) is 0 Å². The van der Waals surface area contributed by atoms with Gasteiger partial charge in [-0.05, 0) is 55.3 Å². The topological polar surface area (TPSA) is 76.3 Å². The number of aromatic nitrogens is 2. The molecule has 0 N–H and O–H groups in total. The highest BCUT2D eigenvalue weighted by Gasteiger charge is 2.28. The van der Waals surface area contributed by atoms with Crippen molar-refractivity contribution in [2.75, 3.05) is 13.1 Å². The summed E-state index contributed by atoms with van der Waals surface area (Å²) in [5.74, 6) is 0.792. The van der Waals surface area contributed by atoms with Crippen LogP contribution in [0.2, 0.25) is 15.1 Å². The standard InChI is InChI=1S/C23H20Cl3N3O3/c24-17-4-1-15(2-5-17)23-27-20(32-28-23)7-8-21(30)29-11-9-14(10-12-29)22(31)16-3-6-18(25)19(26)13-16/h1-6,13-14H,7-12H2. The van der Waals surface area contributed by atoms with Gasteiger partial charge in [-0.3, -0.25) is 9.59 Å². The average molecular weight is 493 g/mol. The number of halogens is 3. The first-order valence-corrected chi connectivity index (χ1v) is 11.4. The molecule has 166 valence electrons. The van der Waals surface area contributed by atoms with E-state index in [2.05, 4.69) is 10.1 Å². The Morgan fingerprint density at radius 2 is 1.72 bits per heavy atom. The lowest BCUT2D eigenvalue weighted by Gasteiger charge is -2.31. The number of amides is 1. The van der Waals surface area contributed by atoms with Crippen LogP contribution in [0.4, 0.5) is 0 Å². The van der Waals surface area contributed by atoms with E-state index in [0.717, 1.165) is 5.56 Å². The third-order valence-corrected chi connectivity index (χ3v) is 6.54. The number of benzene rings is 2. The molecule has 4 rings (SSSR count). The van der Waals surface area contributed by atoms with Crippen LogP contribution in [0.15, 0.2) is 47.0 Å². The predicted molar refractivity (Wildman–Crippen MR) is 123 cm³/mol. The molecule has 9 heteroatoms. The van der Waals surface area contributed by atoms with Crippen LogP contribution in [-0.4, -0.2) is 39.8 Å². The number of Topliss-reactive ketones (excluding diaryl/α,β-unsaturated/α-hetero) is 1. The van der Waals surface area contributed by atoms with Crippen LogP contribution >= 0.6 is 34.8 Å². The molecule has 0 bridgehead atoms. The summed E-state index contributed by atoms with van der Waals surface area (Å²) in [5.41, 5.74) is 1.35. The van der Waals surface area contributed by atoms with E-state index in [9.17, 15) is 9.59 Å². The Morgan fingerprint density at radius 3 is 2.41 bits per heavy atom. The fraction of sp³-hybridized carbons (Fsp3) is 0.304. The second-order valence-electron chi connectivity index (χ2n) is 7.67. The van der Waals surface area contributed by atoms with Crippen LogP contribution in [-0.2, 0) is 11.2 Å². The van der Waals surface area contributed by atoms with Crippen molar-refractivity contribution < 1.29 is 14.1 Å². The summed E-state index contributed by atoms with van der Waals surface area (Å²) in [4.78, 5) is 31.5. The lowest BCUT2D eigenvalue weighted by atomic mass is 9.89. The van der Waals surface area contributed by atoms with E-state index in [-0.39, 0.29) is 24.0 Å². The fourth-order valence-electron chi connectivity index (χ4n) is 3.72. The van der Waals surface area contributed by atoms with Gasteiger partial charge in [-0.15, -0.1) is 0 Å². The number of nitrogens with zero attached hydrogens (tertiary/aromatic N) is 3. The van der Waals surface area contributed by atoms with Crippen LogP contribution < -0.4 is 0 Å². The molecule has 0 spiro atoms. The maximum atomic E-state index is 12.7. The molecule has 0 aliphatic carbocycles. The average Bonchev–Trinajstić information content (AvgIpc) is 3.28. The summed E-state index contributed by atoms with van der Waals surface area (Å²) in [5, 5.41) is 5.38. The summed E-state index contributed by atoms with van der Waals surface area (Å²) in [6.45, 7) is 1.08. The van der Waals surface area contributed by atoms with Gasteiger partial charge in [0.15, 0.2) is 5.78 Å². The van der Waals surface area contributed by atoms with E-state index in [4.69, 9.17) is 39.3 Å². The molecule has 1 amide bonds. The minimum atomic E-state index is -0.130. The smallest absolute Gasteiger partial charge is 0.227 e. The van der Waals surface area contributed by atoms with Gasteiger partial charge < -0.3 is 9.42 Å². The maximum absolute atomic E-state index is 12.7. The summed E-state index contributed by atoms with van der Waals surface area (Å²) < 4.78 is 5.27. The second kappa shape index (κ2) is 10.0. The Bertz CT molecular complexity index is 1120. The summed E-state index contributed by atoms with van der Waals surface area (Å²) >= 11 is 17.9. The number of ketones is 1. The van der Waals surface area contributed by atoms with Gasteiger partial charge in [-0.1, -0.05) is 40.0 Å². The van der Waals surface area contributed by atoms with Crippen LogP contribution in [0.1, 0.15) is 35.5 Å². The second-order valence-corrected chi connectivity index (χ2v) is 8.92. The minimum absolute atomic E-state index is 0.0108. The number of aryl methyl sites for hydroxylation is 1. The molecule has 1 aliphatic rings. The highest BCUT2D eigenvalue weighted by molar-refractivity contribution is 6.42. The number of carbonyl (C=O) groups is 2. The number of hydrogen-bond acceptors (Lipinski definition) is 5. The Kier molecular flexibility index (Phi) is 7.13. The number of piperidine rings is 1. The van der Waals surface area contributed by atoms with E-state index >= 15 is 0 Å². The van der Waals surface area contributed by atoms with Gasteiger partial charge in [-0.25, -0.2) is 0 Å². The molecule has 1 saturated heterocycles. The molecule has 32 heavy (non-hydrogen) atoms. The van der Waals surface area contributed by atoms with E-state index in [1.807, 2.05) is 12.1 Å². The quantitative estimate of drug-likeness (QED) is 0.409. The predicted octanol–water partition coefficient (Wildman–Crippen LogP) is 5.75. The molecule has 0 radical (unpaired) electrons. The van der Waals surface area contributed by atoms with E-state index in [0.29, 0.717) is 64.7 Å². The first kappa shape index (κ1) is 22.8. The SMILES string of the molecule is O=C(c1ccc(Cl)c(Cl)c1)C1CCN(C(=O)CCc2nc(-c3ccc(Cl)cc3)no2)CC1. The molecular weight excluding hydrogens is 473 g/mol. The van der Waals surface area contributed by atoms with Crippen LogP contribution in [0.25, 0.3) is 11.4 Å². The zero-order chi connectivity index (χ0) is 22.7. The van der Waals surface area contributed by atoms with Crippen molar-refractivity contribution in [1.29, 1.82) is 0 Å². The van der Waals surface area contributed by atoms with Gasteiger partial charge in [0.25, 0.3) is 0 Å². The van der Waals surface area contributed by atoms with Crippen LogP contribution in [0.3, 0.4) is 0 Å². The highest BCUT2D eigenvalue weighted by atomic mass is 35.5. The van der Waals surface area contributed by atoms with Crippen LogP contribution in [0, 0.1) is 5.92 Å². The molecule has 0 saturated carbocycles. The van der Waals surface area contributed by atoms with E-state index in [1.165, 1.54) is 0 Å². The molecule has 0 atom stereocenters. The summed E-state index contributed by atoms with van der Waals surface area (Å²) in [7, 11) is 0.